The molecule has 1 aromatic heterocycles. The van der Waals surface area contributed by atoms with E-state index in [1.54, 1.807) is 7.11 Å². The van der Waals surface area contributed by atoms with Crippen molar-refractivity contribution in [2.75, 3.05) is 7.11 Å². The third-order valence-corrected chi connectivity index (χ3v) is 4.45. The molecule has 0 amide bonds. The van der Waals surface area contributed by atoms with Crippen LogP contribution in [0.5, 0.6) is 11.5 Å². The summed E-state index contributed by atoms with van der Waals surface area (Å²) in [5, 5.41) is 0. The van der Waals surface area contributed by atoms with Crippen molar-refractivity contribution in [3.05, 3.63) is 78.4 Å². The van der Waals surface area contributed by atoms with Gasteiger partial charge in [-0.15, -0.1) is 0 Å². The fraction of sp³-hybridized carbons (Fsp3) is 0.136. The molecule has 4 rings (SSSR count). The zero-order valence-corrected chi connectivity index (χ0v) is 14.8. The molecule has 0 unspecified atom stereocenters. The summed E-state index contributed by atoms with van der Waals surface area (Å²) in [4.78, 5) is 4.76. The van der Waals surface area contributed by atoms with E-state index >= 15 is 0 Å². The van der Waals surface area contributed by atoms with Crippen LogP contribution in [0.2, 0.25) is 0 Å². The third kappa shape index (κ3) is 3.14. The van der Waals surface area contributed by atoms with Gasteiger partial charge in [0.25, 0.3) is 0 Å². The van der Waals surface area contributed by atoms with Gasteiger partial charge in [-0.3, -0.25) is 0 Å². The Labute approximate surface area is 152 Å². The maximum atomic E-state index is 5.86. The van der Waals surface area contributed by atoms with E-state index in [-0.39, 0.29) is 0 Å². The second-order valence-corrected chi connectivity index (χ2v) is 6.15. The molecule has 0 atom stereocenters. The molecule has 0 aliphatic rings. The number of imidazole rings is 1. The van der Waals surface area contributed by atoms with Gasteiger partial charge in [-0.25, -0.2) is 4.98 Å². The van der Waals surface area contributed by atoms with Gasteiger partial charge in [0.05, 0.1) is 18.1 Å². The highest BCUT2D eigenvalue weighted by atomic mass is 16.5. The molecule has 0 bridgehead atoms. The Morgan fingerprint density at radius 2 is 1.62 bits per heavy atom. The van der Waals surface area contributed by atoms with Crippen molar-refractivity contribution in [3.8, 4) is 22.9 Å². The molecular formula is C22H20N2O2. The zero-order valence-electron chi connectivity index (χ0n) is 14.8. The van der Waals surface area contributed by atoms with Crippen molar-refractivity contribution in [2.24, 2.45) is 7.05 Å². The molecule has 4 heteroatoms. The van der Waals surface area contributed by atoms with Crippen LogP contribution in [0.4, 0.5) is 0 Å². The number of hydrogen-bond acceptors (Lipinski definition) is 3. The van der Waals surface area contributed by atoms with Crippen LogP contribution in [0.3, 0.4) is 0 Å². The number of aromatic nitrogens is 2. The molecule has 1 heterocycles. The number of methoxy groups -OCH3 is 1. The first-order chi connectivity index (χ1) is 12.7. The normalized spacial score (nSPS) is 10.8. The number of ether oxygens (including phenoxy) is 2. The van der Waals surface area contributed by atoms with Gasteiger partial charge in [0.15, 0.2) is 0 Å². The first-order valence-electron chi connectivity index (χ1n) is 8.52. The lowest BCUT2D eigenvalue weighted by Gasteiger charge is -2.07. The number of nitrogens with zero attached hydrogens (tertiary/aromatic N) is 2. The Morgan fingerprint density at radius 3 is 2.35 bits per heavy atom. The standard InChI is InChI=1S/C22H20N2O2/c1-24-21-13-12-19(25-2)14-20(21)23-22(24)17-8-10-18(11-9-17)26-15-16-6-4-3-5-7-16/h3-14H,15H2,1-2H3. The van der Waals surface area contributed by atoms with Crippen LogP contribution >= 0.6 is 0 Å². The van der Waals surface area contributed by atoms with E-state index in [9.17, 15) is 0 Å². The molecule has 4 nitrogen and oxygen atoms in total. The Bertz CT molecular complexity index is 1020. The average molecular weight is 344 g/mol. The fourth-order valence-corrected chi connectivity index (χ4v) is 3.01. The predicted molar refractivity (Wildman–Crippen MR) is 103 cm³/mol. The van der Waals surface area contributed by atoms with E-state index < -0.39 is 0 Å². The SMILES string of the molecule is COc1ccc2c(c1)nc(-c1ccc(OCc3ccccc3)cc1)n2C. The van der Waals surface area contributed by atoms with Crippen LogP contribution in [0.1, 0.15) is 5.56 Å². The number of rotatable bonds is 5. The summed E-state index contributed by atoms with van der Waals surface area (Å²) in [5.74, 6) is 2.58. The van der Waals surface area contributed by atoms with E-state index in [1.165, 1.54) is 0 Å². The molecule has 0 spiro atoms. The second-order valence-electron chi connectivity index (χ2n) is 6.15. The molecule has 130 valence electrons. The highest BCUT2D eigenvalue weighted by Crippen LogP contribution is 2.27. The summed E-state index contributed by atoms with van der Waals surface area (Å²) in [7, 11) is 3.69. The largest absolute Gasteiger partial charge is 0.497 e. The van der Waals surface area contributed by atoms with Gasteiger partial charge in [0, 0.05) is 18.7 Å². The van der Waals surface area contributed by atoms with Gasteiger partial charge in [-0.1, -0.05) is 30.3 Å². The Hall–Kier alpha value is -3.27. The van der Waals surface area contributed by atoms with E-state index in [0.29, 0.717) is 6.61 Å². The summed E-state index contributed by atoms with van der Waals surface area (Å²) in [6, 6.07) is 24.1. The van der Waals surface area contributed by atoms with Gasteiger partial charge in [0.2, 0.25) is 0 Å². The van der Waals surface area contributed by atoms with E-state index in [1.807, 2.05) is 67.7 Å². The Balaban J connectivity index is 1.56. The molecule has 0 N–H and O–H groups in total. The van der Waals surface area contributed by atoms with Crippen molar-refractivity contribution in [2.45, 2.75) is 6.61 Å². The van der Waals surface area contributed by atoms with E-state index in [0.717, 1.165) is 39.5 Å². The lowest BCUT2D eigenvalue weighted by molar-refractivity contribution is 0.306. The van der Waals surface area contributed by atoms with Crippen LogP contribution < -0.4 is 9.47 Å². The smallest absolute Gasteiger partial charge is 0.140 e. The number of aryl methyl sites for hydroxylation is 1. The van der Waals surface area contributed by atoms with Gasteiger partial charge in [-0.2, -0.15) is 0 Å². The van der Waals surface area contributed by atoms with Gasteiger partial charge >= 0.3 is 0 Å². The summed E-state index contributed by atoms with van der Waals surface area (Å²) in [5.41, 5.74) is 4.20. The van der Waals surface area contributed by atoms with Crippen LogP contribution in [0.15, 0.2) is 72.8 Å². The van der Waals surface area contributed by atoms with Crippen LogP contribution in [0, 0.1) is 0 Å². The molecule has 0 radical (unpaired) electrons. The third-order valence-electron chi connectivity index (χ3n) is 4.45. The maximum absolute atomic E-state index is 5.86. The molecule has 0 saturated heterocycles. The van der Waals surface area contributed by atoms with Crippen molar-refractivity contribution >= 4 is 11.0 Å². The molecule has 4 aromatic rings. The van der Waals surface area contributed by atoms with Crippen molar-refractivity contribution < 1.29 is 9.47 Å². The van der Waals surface area contributed by atoms with Crippen LogP contribution in [-0.4, -0.2) is 16.7 Å². The fourth-order valence-electron chi connectivity index (χ4n) is 3.01. The van der Waals surface area contributed by atoms with Crippen molar-refractivity contribution in [1.82, 2.24) is 9.55 Å². The molecule has 0 saturated carbocycles. The van der Waals surface area contributed by atoms with Gasteiger partial charge in [-0.05, 0) is 42.0 Å². The predicted octanol–water partition coefficient (Wildman–Crippen LogP) is 4.83. The molecule has 26 heavy (non-hydrogen) atoms. The number of fused-ring (bicyclic) bond motifs is 1. The zero-order chi connectivity index (χ0) is 17.9. The van der Waals surface area contributed by atoms with Crippen molar-refractivity contribution in [1.29, 1.82) is 0 Å². The van der Waals surface area contributed by atoms with Gasteiger partial charge < -0.3 is 14.0 Å². The summed E-state index contributed by atoms with van der Waals surface area (Å²) >= 11 is 0. The topological polar surface area (TPSA) is 36.3 Å². The monoisotopic (exact) mass is 344 g/mol. The molecule has 0 fully saturated rings. The number of benzene rings is 3. The molecule has 3 aromatic carbocycles. The maximum Gasteiger partial charge on any atom is 0.140 e. The van der Waals surface area contributed by atoms with Crippen molar-refractivity contribution in [3.63, 3.8) is 0 Å². The minimum atomic E-state index is 0.562. The Morgan fingerprint density at radius 1 is 0.885 bits per heavy atom. The van der Waals surface area contributed by atoms with Crippen LogP contribution in [-0.2, 0) is 13.7 Å². The highest BCUT2D eigenvalue weighted by Gasteiger charge is 2.10. The average Bonchev–Trinajstić information content (AvgIpc) is 3.03. The first-order valence-corrected chi connectivity index (χ1v) is 8.52. The van der Waals surface area contributed by atoms with Crippen LogP contribution in [0.25, 0.3) is 22.4 Å². The minimum Gasteiger partial charge on any atom is -0.497 e. The summed E-state index contributed by atoms with van der Waals surface area (Å²) in [6.45, 7) is 0.562. The number of hydrogen-bond donors (Lipinski definition) is 0. The second kappa shape index (κ2) is 6.92. The Kier molecular flexibility index (Phi) is 4.32. The minimum absolute atomic E-state index is 0.562. The van der Waals surface area contributed by atoms with E-state index in [2.05, 4.69) is 16.7 Å². The molecule has 0 aliphatic heterocycles. The lowest BCUT2D eigenvalue weighted by Crippen LogP contribution is -1.95. The quantitative estimate of drug-likeness (QED) is 0.520. The molecular weight excluding hydrogens is 324 g/mol. The summed E-state index contributed by atoms with van der Waals surface area (Å²) in [6.07, 6.45) is 0. The van der Waals surface area contributed by atoms with Gasteiger partial charge in [0.1, 0.15) is 23.9 Å². The highest BCUT2D eigenvalue weighted by molar-refractivity contribution is 5.82. The molecule has 0 aliphatic carbocycles. The summed E-state index contributed by atoms with van der Waals surface area (Å²) < 4.78 is 13.2. The van der Waals surface area contributed by atoms with E-state index in [4.69, 9.17) is 14.5 Å². The first kappa shape index (κ1) is 16.2. The lowest BCUT2D eigenvalue weighted by atomic mass is 10.2.